The van der Waals surface area contributed by atoms with Crippen molar-refractivity contribution in [2.24, 2.45) is 0 Å². The average Bonchev–Trinajstić information content (AvgIpc) is 2.57. The van der Waals surface area contributed by atoms with Gasteiger partial charge in [-0.15, -0.1) is 0 Å². The Labute approximate surface area is 138 Å². The Morgan fingerprint density at radius 1 is 0.875 bits per heavy atom. The normalized spacial score (nSPS) is 13.0. The first-order chi connectivity index (χ1) is 11.4. The topological polar surface area (TPSA) is 71.4 Å². The fourth-order valence-electron chi connectivity index (χ4n) is 2.00. The molecule has 0 amide bonds. The number of hydrogen-bond acceptors (Lipinski definition) is 4. The van der Waals surface area contributed by atoms with E-state index in [-0.39, 0.29) is 16.0 Å². The number of benzene rings is 1. The molecule has 0 aromatic heterocycles. The zero-order valence-electron chi connectivity index (χ0n) is 11.5. The molecule has 3 nitrogen and oxygen atoms in total. The van der Waals surface area contributed by atoms with Crippen LogP contribution in [-0.4, -0.2) is 4.86 Å². The molecule has 0 saturated heterocycles. The third-order valence-corrected chi connectivity index (χ3v) is 3.49. The van der Waals surface area contributed by atoms with Crippen molar-refractivity contribution < 1.29 is 17.6 Å². The Morgan fingerprint density at radius 2 is 1.42 bits per heavy atom. The third-order valence-electron chi connectivity index (χ3n) is 3.14. The van der Waals surface area contributed by atoms with Gasteiger partial charge in [-0.1, -0.05) is 18.3 Å². The first kappa shape index (κ1) is 17.1. The second-order valence-corrected chi connectivity index (χ2v) is 4.87. The number of thiocarbonyl (C=S) groups is 1. The number of hydrogen-bond donors (Lipinski definition) is 0. The SMILES string of the molecule is N#CC(C#N)=C1C=CC(=S)C(c2c(F)c(F)c(C#N)c(F)c2F)=C1. The van der Waals surface area contributed by atoms with E-state index in [1.807, 2.05) is 0 Å². The van der Waals surface area contributed by atoms with Crippen LogP contribution in [0.2, 0.25) is 0 Å². The minimum Gasteiger partial charge on any atom is -0.203 e. The molecule has 2 rings (SSSR count). The summed E-state index contributed by atoms with van der Waals surface area (Å²) in [6, 6.07) is 4.20. The monoisotopic (exact) mass is 345 g/mol. The van der Waals surface area contributed by atoms with Crippen molar-refractivity contribution in [1.82, 2.24) is 0 Å². The van der Waals surface area contributed by atoms with Gasteiger partial charge in [0.2, 0.25) is 0 Å². The van der Waals surface area contributed by atoms with Gasteiger partial charge in [0.25, 0.3) is 0 Å². The van der Waals surface area contributed by atoms with Crippen molar-refractivity contribution in [3.63, 3.8) is 0 Å². The molecule has 24 heavy (non-hydrogen) atoms. The van der Waals surface area contributed by atoms with Crippen LogP contribution in [0.3, 0.4) is 0 Å². The second kappa shape index (κ2) is 6.45. The minimum absolute atomic E-state index is 0.0208. The van der Waals surface area contributed by atoms with Crippen LogP contribution >= 0.6 is 12.2 Å². The van der Waals surface area contributed by atoms with Gasteiger partial charge in [-0.2, -0.15) is 15.8 Å². The van der Waals surface area contributed by atoms with E-state index in [0.717, 1.165) is 12.1 Å². The Bertz CT molecular complexity index is 953. The maximum atomic E-state index is 14.1. The van der Waals surface area contributed by atoms with Crippen LogP contribution in [0.25, 0.3) is 5.57 Å². The number of rotatable bonds is 1. The molecule has 0 unspecified atom stereocenters. The van der Waals surface area contributed by atoms with Gasteiger partial charge in [0.15, 0.2) is 23.3 Å². The van der Waals surface area contributed by atoms with Crippen LogP contribution in [0.4, 0.5) is 17.6 Å². The predicted octanol–water partition coefficient (Wildman–Crippen LogP) is 3.78. The zero-order chi connectivity index (χ0) is 18.0. The minimum atomic E-state index is -1.85. The molecule has 1 aromatic rings. The zero-order valence-corrected chi connectivity index (χ0v) is 12.3. The molecule has 0 spiro atoms. The highest BCUT2D eigenvalue weighted by Crippen LogP contribution is 2.33. The Morgan fingerprint density at radius 3 is 1.88 bits per heavy atom. The largest absolute Gasteiger partial charge is 0.203 e. The van der Waals surface area contributed by atoms with Gasteiger partial charge in [0, 0.05) is 16.0 Å². The van der Waals surface area contributed by atoms with Gasteiger partial charge in [0.05, 0.1) is 5.56 Å². The van der Waals surface area contributed by atoms with Gasteiger partial charge < -0.3 is 0 Å². The van der Waals surface area contributed by atoms with Crippen molar-refractivity contribution in [3.8, 4) is 18.2 Å². The van der Waals surface area contributed by atoms with E-state index in [1.165, 1.54) is 12.2 Å². The Hall–Kier alpha value is -3.28. The van der Waals surface area contributed by atoms with Gasteiger partial charge in [-0.3, -0.25) is 0 Å². The Balaban J connectivity index is 2.85. The molecular formula is C16H3F4N3S. The molecule has 0 fully saturated rings. The maximum Gasteiger partial charge on any atom is 0.180 e. The molecule has 1 aromatic carbocycles. The van der Waals surface area contributed by atoms with Crippen LogP contribution in [0, 0.1) is 57.3 Å². The molecular weight excluding hydrogens is 342 g/mol. The molecule has 0 N–H and O–H groups in total. The summed E-state index contributed by atoms with van der Waals surface area (Å²) in [6.07, 6.45) is 3.41. The van der Waals surface area contributed by atoms with Crippen molar-refractivity contribution in [2.75, 3.05) is 0 Å². The fraction of sp³-hybridized carbons (Fsp3) is 0. The first-order valence-electron chi connectivity index (χ1n) is 6.12. The summed E-state index contributed by atoms with van der Waals surface area (Å²) in [6.45, 7) is 0. The first-order valence-corrected chi connectivity index (χ1v) is 6.53. The van der Waals surface area contributed by atoms with Crippen molar-refractivity contribution >= 4 is 22.7 Å². The van der Waals surface area contributed by atoms with Crippen molar-refractivity contribution in [2.45, 2.75) is 0 Å². The van der Waals surface area contributed by atoms with E-state index in [9.17, 15) is 17.6 Å². The molecule has 0 saturated carbocycles. The number of nitrogens with zero attached hydrogens (tertiary/aromatic N) is 3. The molecule has 8 heteroatoms. The summed E-state index contributed by atoms with van der Waals surface area (Å²) in [4.78, 5) is -0.157. The molecule has 0 bridgehead atoms. The van der Waals surface area contributed by atoms with E-state index < -0.39 is 40.0 Å². The Kier molecular flexibility index (Phi) is 4.59. The quantitative estimate of drug-likeness (QED) is 0.336. The van der Waals surface area contributed by atoms with Gasteiger partial charge >= 0.3 is 0 Å². The average molecular weight is 345 g/mol. The molecule has 0 atom stereocenters. The van der Waals surface area contributed by atoms with Crippen LogP contribution in [0.1, 0.15) is 11.1 Å². The molecule has 1 aliphatic rings. The number of nitriles is 3. The van der Waals surface area contributed by atoms with E-state index >= 15 is 0 Å². The van der Waals surface area contributed by atoms with Gasteiger partial charge in [-0.25, -0.2) is 17.6 Å². The molecule has 1 aliphatic carbocycles. The van der Waals surface area contributed by atoms with Crippen LogP contribution in [0.15, 0.2) is 29.4 Å². The lowest BCUT2D eigenvalue weighted by Gasteiger charge is -2.15. The predicted molar refractivity (Wildman–Crippen MR) is 79.0 cm³/mol. The van der Waals surface area contributed by atoms with Crippen LogP contribution in [0.5, 0.6) is 0 Å². The van der Waals surface area contributed by atoms with Crippen molar-refractivity contribution in [3.05, 3.63) is 63.8 Å². The van der Waals surface area contributed by atoms with E-state index in [1.54, 1.807) is 12.1 Å². The summed E-state index contributed by atoms with van der Waals surface area (Å²) >= 11 is 4.90. The lowest BCUT2D eigenvalue weighted by atomic mass is 9.91. The molecule has 116 valence electrons. The summed E-state index contributed by atoms with van der Waals surface area (Å²) in [7, 11) is 0. The second-order valence-electron chi connectivity index (χ2n) is 4.43. The highest BCUT2D eigenvalue weighted by atomic mass is 32.1. The smallest absolute Gasteiger partial charge is 0.180 e. The van der Waals surface area contributed by atoms with E-state index in [4.69, 9.17) is 28.0 Å². The molecule has 0 radical (unpaired) electrons. The maximum absolute atomic E-state index is 14.1. The van der Waals surface area contributed by atoms with Crippen molar-refractivity contribution in [1.29, 1.82) is 15.8 Å². The standard InChI is InChI=1S/C16H3F4N3S/c17-13-10(6-23)14(18)16(20)12(15(13)19)9-3-7(1-2-11(9)24)8(4-21)5-22/h1-3H. The summed E-state index contributed by atoms with van der Waals surface area (Å²) in [5.41, 5.74) is -3.31. The lowest BCUT2D eigenvalue weighted by Crippen LogP contribution is -2.11. The van der Waals surface area contributed by atoms with E-state index in [2.05, 4.69) is 0 Å². The highest BCUT2D eigenvalue weighted by Gasteiger charge is 2.29. The van der Waals surface area contributed by atoms with Gasteiger partial charge in [0.1, 0.15) is 29.3 Å². The molecule has 0 aliphatic heterocycles. The lowest BCUT2D eigenvalue weighted by molar-refractivity contribution is 0.447. The summed E-state index contributed by atoms with van der Waals surface area (Å²) in [5, 5.41) is 26.3. The van der Waals surface area contributed by atoms with Crippen LogP contribution in [-0.2, 0) is 0 Å². The highest BCUT2D eigenvalue weighted by molar-refractivity contribution is 7.81. The third kappa shape index (κ3) is 2.58. The van der Waals surface area contributed by atoms with E-state index in [0.29, 0.717) is 0 Å². The van der Waals surface area contributed by atoms with Crippen LogP contribution < -0.4 is 0 Å². The summed E-state index contributed by atoms with van der Waals surface area (Å²) < 4.78 is 55.8. The van der Waals surface area contributed by atoms with Gasteiger partial charge in [-0.05, 0) is 12.2 Å². The number of halogens is 4. The fourth-order valence-corrected chi connectivity index (χ4v) is 2.23. The summed E-state index contributed by atoms with van der Waals surface area (Å²) in [5.74, 6) is -7.28. The molecule has 0 heterocycles. The number of allylic oxidation sites excluding steroid dienone is 6.